The molecule has 0 aliphatic carbocycles. The van der Waals surface area contributed by atoms with Crippen LogP contribution in [0.15, 0.2) is 231 Å². The normalized spacial score (nSPS) is 11.4. The van der Waals surface area contributed by atoms with E-state index in [-0.39, 0.29) is 0 Å². The molecule has 0 saturated carbocycles. The molecule has 11 rings (SSSR count). The number of anilines is 3. The molecule has 0 saturated heterocycles. The second-order valence-electron chi connectivity index (χ2n) is 14.9. The lowest BCUT2D eigenvalue weighted by Gasteiger charge is -2.28. The summed E-state index contributed by atoms with van der Waals surface area (Å²) < 4.78 is 2.39. The van der Waals surface area contributed by atoms with Crippen molar-refractivity contribution in [1.82, 2.24) is 4.57 Å². The lowest BCUT2D eigenvalue weighted by atomic mass is 9.93. The van der Waals surface area contributed by atoms with Crippen LogP contribution in [0.1, 0.15) is 0 Å². The fourth-order valence-corrected chi connectivity index (χ4v) is 8.88. The van der Waals surface area contributed by atoms with Crippen LogP contribution in [0.25, 0.3) is 82.4 Å². The third-order valence-electron chi connectivity index (χ3n) is 11.6. The first-order chi connectivity index (χ1) is 28.8. The van der Waals surface area contributed by atoms with Gasteiger partial charge in [0.2, 0.25) is 0 Å². The zero-order valence-electron chi connectivity index (χ0n) is 31.8. The van der Waals surface area contributed by atoms with Gasteiger partial charge in [-0.1, -0.05) is 176 Å². The van der Waals surface area contributed by atoms with Crippen LogP contribution in [0, 0.1) is 0 Å². The summed E-state index contributed by atoms with van der Waals surface area (Å²) in [4.78, 5) is 2.42. The van der Waals surface area contributed by atoms with E-state index in [2.05, 4.69) is 240 Å². The molecule has 10 aromatic carbocycles. The number of rotatable bonds is 7. The molecule has 1 heterocycles. The first kappa shape index (κ1) is 33.6. The van der Waals surface area contributed by atoms with E-state index in [9.17, 15) is 0 Å². The molecule has 0 spiro atoms. The Bertz CT molecular complexity index is 3220. The molecule has 11 aromatic rings. The van der Waals surface area contributed by atoms with Crippen LogP contribution in [0.5, 0.6) is 0 Å². The average molecular weight is 739 g/mol. The summed E-state index contributed by atoms with van der Waals surface area (Å²) in [5, 5.41) is 7.45. The highest BCUT2D eigenvalue weighted by Crippen LogP contribution is 2.44. The molecule has 0 bridgehead atoms. The topological polar surface area (TPSA) is 8.17 Å². The smallest absolute Gasteiger partial charge is 0.0541 e. The quantitative estimate of drug-likeness (QED) is 0.158. The van der Waals surface area contributed by atoms with Crippen molar-refractivity contribution in [2.45, 2.75) is 0 Å². The first-order valence-electron chi connectivity index (χ1n) is 19.9. The molecule has 1 aromatic heterocycles. The summed E-state index contributed by atoms with van der Waals surface area (Å²) in [5.74, 6) is 0. The van der Waals surface area contributed by atoms with E-state index in [4.69, 9.17) is 0 Å². The molecule has 58 heavy (non-hydrogen) atoms. The highest BCUT2D eigenvalue weighted by molar-refractivity contribution is 6.11. The van der Waals surface area contributed by atoms with Crippen molar-refractivity contribution in [2.75, 3.05) is 4.90 Å². The summed E-state index contributed by atoms with van der Waals surface area (Å²) in [6.45, 7) is 0. The first-order valence-corrected chi connectivity index (χ1v) is 19.9. The van der Waals surface area contributed by atoms with Crippen LogP contribution in [0.3, 0.4) is 0 Å². The van der Waals surface area contributed by atoms with Crippen molar-refractivity contribution in [3.63, 3.8) is 0 Å². The van der Waals surface area contributed by atoms with E-state index >= 15 is 0 Å². The van der Waals surface area contributed by atoms with Crippen molar-refractivity contribution >= 4 is 60.4 Å². The number of aromatic nitrogens is 1. The van der Waals surface area contributed by atoms with Crippen molar-refractivity contribution in [3.8, 4) is 39.1 Å². The third-order valence-corrected chi connectivity index (χ3v) is 11.6. The molecular formula is C56H38N2. The molecule has 0 fully saturated rings. The van der Waals surface area contributed by atoms with Crippen LogP contribution in [0.2, 0.25) is 0 Å². The number of hydrogen-bond acceptors (Lipinski definition) is 1. The summed E-state index contributed by atoms with van der Waals surface area (Å²) in [5.41, 5.74) is 14.1. The molecular weight excluding hydrogens is 701 g/mol. The lowest BCUT2D eigenvalue weighted by Crippen LogP contribution is -2.10. The van der Waals surface area contributed by atoms with E-state index in [1.54, 1.807) is 0 Å². The van der Waals surface area contributed by atoms with Gasteiger partial charge in [0, 0.05) is 33.2 Å². The standard InChI is InChI=1S/C56H38N2/c1-2-15-39(16-3-1)42-19-12-21-45(37-42)57(56-36-35-50(49-24-6-7-25-51(49)56)48-28-14-18-41-17-4-5-23-47(41)48)44-33-31-40(32-34-44)43-20-13-22-46(38-43)58-54-29-10-8-26-52(54)53-27-9-11-30-55(53)58/h1-38H. The van der Waals surface area contributed by atoms with Gasteiger partial charge < -0.3 is 9.47 Å². The predicted molar refractivity (Wildman–Crippen MR) is 247 cm³/mol. The minimum atomic E-state index is 1.09. The van der Waals surface area contributed by atoms with E-state index in [1.807, 2.05) is 0 Å². The molecule has 0 amide bonds. The Labute approximate surface area is 338 Å². The van der Waals surface area contributed by atoms with Gasteiger partial charge in [0.25, 0.3) is 0 Å². The summed E-state index contributed by atoms with van der Waals surface area (Å²) in [6.07, 6.45) is 0. The summed E-state index contributed by atoms with van der Waals surface area (Å²) >= 11 is 0. The Morgan fingerprint density at radius 3 is 1.59 bits per heavy atom. The van der Waals surface area contributed by atoms with Gasteiger partial charge in [0.05, 0.1) is 16.7 Å². The minimum Gasteiger partial charge on any atom is -0.310 e. The number of fused-ring (bicyclic) bond motifs is 5. The highest BCUT2D eigenvalue weighted by atomic mass is 15.1. The molecule has 0 radical (unpaired) electrons. The van der Waals surface area contributed by atoms with Gasteiger partial charge in [-0.3, -0.25) is 0 Å². The van der Waals surface area contributed by atoms with Gasteiger partial charge in [-0.2, -0.15) is 0 Å². The molecule has 2 nitrogen and oxygen atoms in total. The van der Waals surface area contributed by atoms with E-state index in [0.717, 1.165) is 22.7 Å². The zero-order valence-corrected chi connectivity index (χ0v) is 31.8. The number of benzene rings is 10. The number of hydrogen-bond donors (Lipinski definition) is 0. The maximum Gasteiger partial charge on any atom is 0.0541 e. The Balaban J connectivity index is 1.05. The minimum absolute atomic E-state index is 1.09. The van der Waals surface area contributed by atoms with Crippen LogP contribution >= 0.6 is 0 Å². The van der Waals surface area contributed by atoms with Crippen LogP contribution in [-0.2, 0) is 0 Å². The third kappa shape index (κ3) is 5.74. The fourth-order valence-electron chi connectivity index (χ4n) is 8.88. The maximum atomic E-state index is 2.42. The summed E-state index contributed by atoms with van der Waals surface area (Å²) in [6, 6.07) is 83.7. The van der Waals surface area contributed by atoms with Crippen LogP contribution in [-0.4, -0.2) is 4.57 Å². The van der Waals surface area contributed by atoms with Crippen molar-refractivity contribution in [2.24, 2.45) is 0 Å². The summed E-state index contributed by atoms with van der Waals surface area (Å²) in [7, 11) is 0. The van der Waals surface area contributed by atoms with Gasteiger partial charge in [-0.05, 0) is 104 Å². The molecule has 0 atom stereocenters. The van der Waals surface area contributed by atoms with E-state index in [1.165, 1.54) is 76.7 Å². The highest BCUT2D eigenvalue weighted by Gasteiger charge is 2.19. The molecule has 0 aliphatic heterocycles. The molecule has 2 heteroatoms. The second-order valence-corrected chi connectivity index (χ2v) is 14.9. The van der Waals surface area contributed by atoms with Gasteiger partial charge in [-0.15, -0.1) is 0 Å². The van der Waals surface area contributed by atoms with E-state index in [0.29, 0.717) is 0 Å². The van der Waals surface area contributed by atoms with Crippen molar-refractivity contribution < 1.29 is 0 Å². The molecule has 0 aliphatic rings. The van der Waals surface area contributed by atoms with Crippen LogP contribution < -0.4 is 4.90 Å². The zero-order chi connectivity index (χ0) is 38.4. The van der Waals surface area contributed by atoms with Gasteiger partial charge in [-0.25, -0.2) is 0 Å². The van der Waals surface area contributed by atoms with Gasteiger partial charge >= 0.3 is 0 Å². The second kappa shape index (κ2) is 14.1. The Morgan fingerprint density at radius 2 is 0.828 bits per heavy atom. The SMILES string of the molecule is c1ccc(-c2cccc(N(c3ccc(-c4cccc(-n5c6ccccc6c6ccccc65)c4)cc3)c3ccc(-c4cccc5ccccc45)c4ccccc34)c2)cc1. The van der Waals surface area contributed by atoms with Gasteiger partial charge in [0.15, 0.2) is 0 Å². The van der Waals surface area contributed by atoms with Crippen molar-refractivity contribution in [3.05, 3.63) is 231 Å². The monoisotopic (exact) mass is 738 g/mol. The molecule has 0 unspecified atom stereocenters. The average Bonchev–Trinajstić information content (AvgIpc) is 3.64. The van der Waals surface area contributed by atoms with Crippen molar-refractivity contribution in [1.29, 1.82) is 0 Å². The largest absolute Gasteiger partial charge is 0.310 e. The lowest BCUT2D eigenvalue weighted by molar-refractivity contribution is 1.18. The van der Waals surface area contributed by atoms with Crippen LogP contribution in [0.4, 0.5) is 17.1 Å². The molecule has 272 valence electrons. The maximum absolute atomic E-state index is 2.42. The number of para-hydroxylation sites is 2. The Kier molecular flexibility index (Phi) is 8.19. The Morgan fingerprint density at radius 1 is 0.293 bits per heavy atom. The fraction of sp³-hybridized carbons (Fsp3) is 0. The van der Waals surface area contributed by atoms with E-state index < -0.39 is 0 Å². The Hall–Kier alpha value is -7.68. The predicted octanol–water partition coefficient (Wildman–Crippen LogP) is 15.6. The van der Waals surface area contributed by atoms with Gasteiger partial charge in [0.1, 0.15) is 0 Å². The molecule has 0 N–H and O–H groups in total. The number of nitrogens with zero attached hydrogens (tertiary/aromatic N) is 2.